The highest BCUT2D eigenvalue weighted by molar-refractivity contribution is 5.92. The summed E-state index contributed by atoms with van der Waals surface area (Å²) in [7, 11) is 0. The van der Waals surface area contributed by atoms with Crippen molar-refractivity contribution in [3.05, 3.63) is 52.9 Å². The minimum atomic E-state index is -0.821. The van der Waals surface area contributed by atoms with E-state index >= 15 is 0 Å². The molecule has 1 saturated heterocycles. The van der Waals surface area contributed by atoms with Gasteiger partial charge >= 0.3 is 0 Å². The number of carbonyl (C=O) groups excluding carboxylic acids is 1. The molecule has 0 radical (unpaired) electrons. The lowest BCUT2D eigenvalue weighted by atomic mass is 10.0. The van der Waals surface area contributed by atoms with Crippen molar-refractivity contribution in [1.29, 1.82) is 0 Å². The molecule has 2 heterocycles. The first-order chi connectivity index (χ1) is 12.6. The van der Waals surface area contributed by atoms with Crippen molar-refractivity contribution in [2.24, 2.45) is 0 Å². The van der Waals surface area contributed by atoms with Crippen LogP contribution in [0, 0.1) is 11.6 Å². The summed E-state index contributed by atoms with van der Waals surface area (Å²) in [6.07, 6.45) is 3.99. The van der Waals surface area contributed by atoms with Crippen LogP contribution in [0.15, 0.2) is 24.3 Å². The molecule has 1 aliphatic heterocycles. The lowest BCUT2D eigenvalue weighted by molar-refractivity contribution is 0.0904. The molecule has 0 bridgehead atoms. The smallest absolute Gasteiger partial charge is 0.271 e. The van der Waals surface area contributed by atoms with Crippen molar-refractivity contribution in [2.75, 3.05) is 13.1 Å². The van der Waals surface area contributed by atoms with Gasteiger partial charge in [0, 0.05) is 37.3 Å². The Morgan fingerprint density at radius 2 is 1.92 bits per heavy atom. The third-order valence-corrected chi connectivity index (χ3v) is 5.16. The first-order valence-corrected chi connectivity index (χ1v) is 9.11. The maximum absolute atomic E-state index is 13.3. The topological polar surface area (TPSA) is 61.0 Å². The summed E-state index contributed by atoms with van der Waals surface area (Å²) in [6, 6.07) is 5.99. The number of nitrogens with zero attached hydrogens (tertiary/aromatic N) is 2. The van der Waals surface area contributed by atoms with Crippen molar-refractivity contribution in [3.63, 3.8) is 0 Å². The quantitative estimate of drug-likeness (QED) is 0.862. The lowest BCUT2D eigenvalue weighted by Gasteiger charge is -2.32. The van der Waals surface area contributed by atoms with E-state index in [1.165, 1.54) is 18.9 Å². The number of aromatic amines is 1. The Bertz CT molecular complexity index is 795. The van der Waals surface area contributed by atoms with Gasteiger partial charge in [-0.3, -0.25) is 14.8 Å². The van der Waals surface area contributed by atoms with Crippen molar-refractivity contribution in [3.8, 4) is 0 Å². The zero-order valence-corrected chi connectivity index (χ0v) is 14.5. The second-order valence-electron chi connectivity index (χ2n) is 7.26. The van der Waals surface area contributed by atoms with Crippen LogP contribution in [-0.4, -0.2) is 40.1 Å². The molecule has 2 aromatic rings. The van der Waals surface area contributed by atoms with E-state index in [0.717, 1.165) is 43.3 Å². The SMILES string of the molecule is O=C(NC1CCN(Cc2ccc(F)c(F)c2)CC1)c1cc(C2CC2)[nH]n1. The first-order valence-electron chi connectivity index (χ1n) is 9.11. The number of piperidine rings is 1. The van der Waals surface area contributed by atoms with Gasteiger partial charge in [0.15, 0.2) is 11.6 Å². The van der Waals surface area contributed by atoms with Gasteiger partial charge in [-0.15, -0.1) is 0 Å². The fourth-order valence-electron chi connectivity index (χ4n) is 3.45. The van der Waals surface area contributed by atoms with Gasteiger partial charge in [0.2, 0.25) is 0 Å². The highest BCUT2D eigenvalue weighted by atomic mass is 19.2. The molecular weight excluding hydrogens is 338 g/mol. The minimum absolute atomic E-state index is 0.116. The summed E-state index contributed by atoms with van der Waals surface area (Å²) in [5.74, 6) is -1.22. The number of nitrogens with one attached hydrogen (secondary N) is 2. The van der Waals surface area contributed by atoms with E-state index in [1.807, 2.05) is 6.07 Å². The van der Waals surface area contributed by atoms with Crippen LogP contribution in [0.1, 0.15) is 53.3 Å². The van der Waals surface area contributed by atoms with Crippen LogP contribution in [0.5, 0.6) is 0 Å². The number of hydrogen-bond acceptors (Lipinski definition) is 3. The van der Waals surface area contributed by atoms with E-state index in [2.05, 4.69) is 20.4 Å². The minimum Gasteiger partial charge on any atom is -0.348 e. The molecule has 7 heteroatoms. The predicted molar refractivity (Wildman–Crippen MR) is 92.7 cm³/mol. The molecule has 138 valence electrons. The van der Waals surface area contributed by atoms with E-state index in [9.17, 15) is 13.6 Å². The largest absolute Gasteiger partial charge is 0.348 e. The Labute approximate surface area is 150 Å². The second kappa shape index (κ2) is 7.15. The molecule has 26 heavy (non-hydrogen) atoms. The van der Waals surface area contributed by atoms with E-state index in [0.29, 0.717) is 18.2 Å². The number of aromatic nitrogens is 2. The number of rotatable bonds is 5. The fraction of sp³-hybridized carbons (Fsp3) is 0.474. The highest BCUT2D eigenvalue weighted by Gasteiger charge is 2.27. The standard InChI is InChI=1S/C19H22F2N4O/c20-15-4-1-12(9-16(15)21)11-25-7-5-14(6-8-25)22-19(26)18-10-17(23-24-18)13-2-3-13/h1,4,9-10,13-14H,2-3,5-8,11H2,(H,22,26)(H,23,24). The van der Waals surface area contributed by atoms with Gasteiger partial charge in [0.25, 0.3) is 5.91 Å². The lowest BCUT2D eigenvalue weighted by Crippen LogP contribution is -2.44. The summed E-state index contributed by atoms with van der Waals surface area (Å²) < 4.78 is 26.3. The average molecular weight is 360 g/mol. The van der Waals surface area contributed by atoms with Gasteiger partial charge in [0.05, 0.1) is 0 Å². The maximum atomic E-state index is 13.3. The fourth-order valence-corrected chi connectivity index (χ4v) is 3.45. The van der Waals surface area contributed by atoms with Gasteiger partial charge in [-0.25, -0.2) is 8.78 Å². The van der Waals surface area contributed by atoms with Crippen LogP contribution in [-0.2, 0) is 6.54 Å². The van der Waals surface area contributed by atoms with Crippen molar-refractivity contribution in [2.45, 2.75) is 44.2 Å². The molecule has 5 nitrogen and oxygen atoms in total. The van der Waals surface area contributed by atoms with E-state index < -0.39 is 11.6 Å². The van der Waals surface area contributed by atoms with Crippen LogP contribution in [0.25, 0.3) is 0 Å². The molecule has 1 aromatic heterocycles. The zero-order chi connectivity index (χ0) is 18.1. The van der Waals surface area contributed by atoms with Gasteiger partial charge in [0.1, 0.15) is 5.69 Å². The molecule has 1 aromatic carbocycles. The molecule has 1 amide bonds. The number of halogens is 2. The third kappa shape index (κ3) is 3.93. The summed E-state index contributed by atoms with van der Waals surface area (Å²) >= 11 is 0. The van der Waals surface area contributed by atoms with Crippen LogP contribution in [0.3, 0.4) is 0 Å². The van der Waals surface area contributed by atoms with Crippen LogP contribution >= 0.6 is 0 Å². The van der Waals surface area contributed by atoms with E-state index in [1.54, 1.807) is 6.07 Å². The number of likely N-dealkylation sites (tertiary alicyclic amines) is 1. The molecule has 0 unspecified atom stereocenters. The summed E-state index contributed by atoms with van der Waals surface area (Å²) in [5, 5.41) is 10.1. The first kappa shape index (κ1) is 17.1. The predicted octanol–water partition coefficient (Wildman–Crippen LogP) is 2.96. The molecule has 4 rings (SSSR count). The Morgan fingerprint density at radius 1 is 1.15 bits per heavy atom. The van der Waals surface area contributed by atoms with Gasteiger partial charge in [-0.1, -0.05) is 6.07 Å². The van der Waals surface area contributed by atoms with Gasteiger partial charge in [-0.2, -0.15) is 5.10 Å². The third-order valence-electron chi connectivity index (χ3n) is 5.16. The molecule has 2 fully saturated rings. The second-order valence-corrected chi connectivity index (χ2v) is 7.26. The van der Waals surface area contributed by atoms with Crippen molar-refractivity contribution in [1.82, 2.24) is 20.4 Å². The van der Waals surface area contributed by atoms with Crippen molar-refractivity contribution >= 4 is 5.91 Å². The summed E-state index contributed by atoms with van der Waals surface area (Å²) in [6.45, 7) is 2.19. The number of hydrogen-bond donors (Lipinski definition) is 2. The molecule has 1 aliphatic carbocycles. The Morgan fingerprint density at radius 3 is 2.62 bits per heavy atom. The number of benzene rings is 1. The molecule has 2 aliphatic rings. The van der Waals surface area contributed by atoms with Crippen molar-refractivity contribution < 1.29 is 13.6 Å². The molecule has 0 spiro atoms. The molecule has 2 N–H and O–H groups in total. The Kier molecular flexibility index (Phi) is 4.72. The highest BCUT2D eigenvalue weighted by Crippen LogP contribution is 2.39. The van der Waals surface area contributed by atoms with Gasteiger partial charge in [-0.05, 0) is 49.4 Å². The molecule has 1 saturated carbocycles. The summed E-state index contributed by atoms with van der Waals surface area (Å²) in [5.41, 5.74) is 2.27. The molecule has 0 atom stereocenters. The number of carbonyl (C=O) groups is 1. The number of amides is 1. The number of H-pyrrole nitrogens is 1. The normalized spacial score (nSPS) is 18.8. The summed E-state index contributed by atoms with van der Waals surface area (Å²) in [4.78, 5) is 14.5. The Hall–Kier alpha value is -2.28. The Balaban J connectivity index is 1.26. The zero-order valence-electron chi connectivity index (χ0n) is 14.5. The maximum Gasteiger partial charge on any atom is 0.271 e. The van der Waals surface area contributed by atoms with E-state index in [4.69, 9.17) is 0 Å². The van der Waals surface area contributed by atoms with Gasteiger partial charge < -0.3 is 5.32 Å². The van der Waals surface area contributed by atoms with Crippen LogP contribution in [0.2, 0.25) is 0 Å². The average Bonchev–Trinajstić information content (AvgIpc) is 3.36. The molecular formula is C19H22F2N4O. The monoisotopic (exact) mass is 360 g/mol. The van der Waals surface area contributed by atoms with E-state index in [-0.39, 0.29) is 11.9 Å². The van der Waals surface area contributed by atoms with Crippen LogP contribution < -0.4 is 5.32 Å². The van der Waals surface area contributed by atoms with Crippen LogP contribution in [0.4, 0.5) is 8.78 Å².